The van der Waals surface area contributed by atoms with Crippen molar-refractivity contribution in [2.75, 3.05) is 13.2 Å². The highest BCUT2D eigenvalue weighted by molar-refractivity contribution is 7.88. The van der Waals surface area contributed by atoms with Crippen LogP contribution in [0, 0.1) is 6.92 Å². The molecule has 0 fully saturated rings. The monoisotopic (exact) mass is 331 g/mol. The smallest absolute Gasteiger partial charge is 0.218 e. The van der Waals surface area contributed by atoms with E-state index in [0.717, 1.165) is 22.4 Å². The van der Waals surface area contributed by atoms with Crippen molar-refractivity contribution in [3.05, 3.63) is 65.2 Å². The van der Waals surface area contributed by atoms with Crippen LogP contribution in [-0.4, -0.2) is 25.9 Å². The molecule has 4 nitrogen and oxygen atoms in total. The quantitative estimate of drug-likeness (QED) is 0.867. The highest BCUT2D eigenvalue weighted by Crippen LogP contribution is 2.33. The first kappa shape index (κ1) is 16.0. The van der Waals surface area contributed by atoms with Crippen LogP contribution in [-0.2, 0) is 15.8 Å². The van der Waals surface area contributed by atoms with E-state index >= 15 is 0 Å². The number of nitrogens with zero attached hydrogens (tertiary/aromatic N) is 1. The minimum atomic E-state index is -3.42. The average molecular weight is 331 g/mol. The maximum atomic E-state index is 12.9. The molecule has 122 valence electrons. The largest absolute Gasteiger partial charge is 0.492 e. The predicted octanol–water partition coefficient (Wildman–Crippen LogP) is 3.28. The minimum Gasteiger partial charge on any atom is -0.492 e. The average Bonchev–Trinajstić information content (AvgIpc) is 2.67. The summed E-state index contributed by atoms with van der Waals surface area (Å²) >= 11 is 0. The van der Waals surface area contributed by atoms with E-state index in [9.17, 15) is 8.42 Å². The number of benzene rings is 2. The van der Waals surface area contributed by atoms with Crippen LogP contribution in [0.4, 0.5) is 0 Å². The first-order valence-electron chi connectivity index (χ1n) is 7.74. The summed E-state index contributed by atoms with van der Waals surface area (Å²) in [4.78, 5) is 0. The summed E-state index contributed by atoms with van der Waals surface area (Å²) in [6, 6.07) is 15.0. The van der Waals surface area contributed by atoms with E-state index in [1.165, 1.54) is 0 Å². The fourth-order valence-electron chi connectivity index (χ4n) is 3.03. The molecule has 0 aliphatic carbocycles. The number of hydrogen-bond acceptors (Lipinski definition) is 3. The molecule has 0 radical (unpaired) electrons. The molecule has 5 heteroatoms. The molecule has 2 aromatic carbocycles. The number of sulfonamides is 1. The van der Waals surface area contributed by atoms with Crippen molar-refractivity contribution in [3.63, 3.8) is 0 Å². The van der Waals surface area contributed by atoms with E-state index in [2.05, 4.69) is 0 Å². The SMILES string of the molecule is Cc1cccc(CS(=O)(=O)N2CCOc3ccccc3C2C)c1. The van der Waals surface area contributed by atoms with Crippen molar-refractivity contribution >= 4 is 10.0 Å². The molecule has 0 spiro atoms. The van der Waals surface area contributed by atoms with Crippen LogP contribution in [0.15, 0.2) is 48.5 Å². The van der Waals surface area contributed by atoms with Gasteiger partial charge in [-0.3, -0.25) is 0 Å². The summed E-state index contributed by atoms with van der Waals surface area (Å²) in [6.45, 7) is 4.62. The molecule has 0 aromatic heterocycles. The number of hydrogen-bond donors (Lipinski definition) is 0. The molecule has 1 aliphatic heterocycles. The van der Waals surface area contributed by atoms with E-state index < -0.39 is 10.0 Å². The Morgan fingerprint density at radius 1 is 1.17 bits per heavy atom. The third-order valence-electron chi connectivity index (χ3n) is 4.16. The summed E-state index contributed by atoms with van der Waals surface area (Å²) in [5.74, 6) is 0.787. The van der Waals surface area contributed by atoms with Gasteiger partial charge in [-0.25, -0.2) is 8.42 Å². The van der Waals surface area contributed by atoms with Crippen molar-refractivity contribution in [1.82, 2.24) is 4.31 Å². The lowest BCUT2D eigenvalue weighted by molar-refractivity contribution is 0.278. The van der Waals surface area contributed by atoms with E-state index in [1.54, 1.807) is 4.31 Å². The fourth-order valence-corrected chi connectivity index (χ4v) is 4.74. The Labute approximate surface area is 137 Å². The molecule has 1 unspecified atom stereocenters. The first-order valence-corrected chi connectivity index (χ1v) is 9.35. The summed E-state index contributed by atoms with van der Waals surface area (Å²) in [5, 5.41) is 0. The van der Waals surface area contributed by atoms with Gasteiger partial charge in [-0.1, -0.05) is 48.0 Å². The van der Waals surface area contributed by atoms with Crippen LogP contribution in [0.25, 0.3) is 0 Å². The first-order chi connectivity index (χ1) is 11.0. The molecule has 1 atom stereocenters. The second-order valence-electron chi connectivity index (χ2n) is 5.92. The van der Waals surface area contributed by atoms with Gasteiger partial charge in [-0.05, 0) is 25.5 Å². The topological polar surface area (TPSA) is 46.6 Å². The third-order valence-corrected chi connectivity index (χ3v) is 6.07. The van der Waals surface area contributed by atoms with Gasteiger partial charge in [0.05, 0.1) is 11.8 Å². The normalized spacial score (nSPS) is 18.8. The minimum absolute atomic E-state index is 0.0151. The van der Waals surface area contributed by atoms with Crippen LogP contribution >= 0.6 is 0 Å². The number of rotatable bonds is 3. The van der Waals surface area contributed by atoms with Crippen LogP contribution in [0.2, 0.25) is 0 Å². The molecule has 3 rings (SSSR count). The van der Waals surface area contributed by atoms with E-state index in [-0.39, 0.29) is 11.8 Å². The second kappa shape index (κ2) is 6.34. The lowest BCUT2D eigenvalue weighted by Crippen LogP contribution is -2.36. The number of aryl methyl sites for hydroxylation is 1. The molecule has 0 amide bonds. The van der Waals surface area contributed by atoms with Gasteiger partial charge < -0.3 is 4.74 Å². The maximum absolute atomic E-state index is 12.9. The highest BCUT2D eigenvalue weighted by atomic mass is 32.2. The Bertz CT molecular complexity index is 801. The van der Waals surface area contributed by atoms with Crippen molar-refractivity contribution in [2.45, 2.75) is 25.6 Å². The molecule has 0 bridgehead atoms. The Morgan fingerprint density at radius 3 is 2.74 bits per heavy atom. The molecular formula is C18H21NO3S. The second-order valence-corrected chi connectivity index (χ2v) is 7.84. The Balaban J connectivity index is 1.90. The van der Waals surface area contributed by atoms with Gasteiger partial charge >= 0.3 is 0 Å². The molecule has 2 aromatic rings. The summed E-state index contributed by atoms with van der Waals surface area (Å²) < 4.78 is 33.1. The molecule has 0 saturated heterocycles. The summed E-state index contributed by atoms with van der Waals surface area (Å²) in [7, 11) is -3.42. The molecule has 1 aliphatic rings. The molecule has 0 N–H and O–H groups in total. The maximum Gasteiger partial charge on any atom is 0.218 e. The van der Waals surface area contributed by atoms with Gasteiger partial charge in [0, 0.05) is 12.1 Å². The standard InChI is InChI=1S/C18H21NO3S/c1-14-6-5-7-16(12-14)13-23(20,21)19-10-11-22-18-9-4-3-8-17(18)15(19)2/h3-9,12,15H,10-11,13H2,1-2H3. The zero-order valence-electron chi connectivity index (χ0n) is 13.4. The summed E-state index contributed by atoms with van der Waals surface area (Å²) in [6.07, 6.45) is 0. The van der Waals surface area contributed by atoms with E-state index in [0.29, 0.717) is 13.2 Å². The lowest BCUT2D eigenvalue weighted by Gasteiger charge is -2.26. The van der Waals surface area contributed by atoms with Crippen molar-refractivity contribution in [2.24, 2.45) is 0 Å². The number of para-hydroxylation sites is 1. The van der Waals surface area contributed by atoms with Crippen LogP contribution < -0.4 is 4.74 Å². The van der Waals surface area contributed by atoms with Gasteiger partial charge in [0.2, 0.25) is 10.0 Å². The van der Waals surface area contributed by atoms with Crippen molar-refractivity contribution in [3.8, 4) is 5.75 Å². The molecule has 0 saturated carbocycles. The highest BCUT2D eigenvalue weighted by Gasteiger charge is 2.31. The van der Waals surface area contributed by atoms with E-state index in [1.807, 2.05) is 62.4 Å². The van der Waals surface area contributed by atoms with Gasteiger partial charge in [-0.2, -0.15) is 4.31 Å². The van der Waals surface area contributed by atoms with Crippen molar-refractivity contribution in [1.29, 1.82) is 0 Å². The Hall–Kier alpha value is -1.85. The Kier molecular flexibility index (Phi) is 4.41. The van der Waals surface area contributed by atoms with Crippen molar-refractivity contribution < 1.29 is 13.2 Å². The van der Waals surface area contributed by atoms with Crippen LogP contribution in [0.1, 0.15) is 29.7 Å². The summed E-state index contributed by atoms with van der Waals surface area (Å²) in [5.41, 5.74) is 2.80. The van der Waals surface area contributed by atoms with Gasteiger partial charge in [0.1, 0.15) is 12.4 Å². The zero-order valence-corrected chi connectivity index (χ0v) is 14.2. The van der Waals surface area contributed by atoms with Crippen LogP contribution in [0.5, 0.6) is 5.75 Å². The van der Waals surface area contributed by atoms with Gasteiger partial charge in [0.15, 0.2) is 0 Å². The van der Waals surface area contributed by atoms with E-state index in [4.69, 9.17) is 4.74 Å². The molecule has 23 heavy (non-hydrogen) atoms. The van der Waals surface area contributed by atoms with Crippen LogP contribution in [0.3, 0.4) is 0 Å². The Morgan fingerprint density at radius 2 is 1.96 bits per heavy atom. The predicted molar refractivity (Wildman–Crippen MR) is 90.9 cm³/mol. The number of ether oxygens (including phenoxy) is 1. The molecule has 1 heterocycles. The lowest BCUT2D eigenvalue weighted by atomic mass is 10.1. The third kappa shape index (κ3) is 3.41. The van der Waals surface area contributed by atoms with Gasteiger partial charge in [0.25, 0.3) is 0 Å². The fraction of sp³-hybridized carbons (Fsp3) is 0.333. The molecular weight excluding hydrogens is 310 g/mol. The zero-order chi connectivity index (χ0) is 16.4. The van der Waals surface area contributed by atoms with Gasteiger partial charge in [-0.15, -0.1) is 0 Å². The number of fused-ring (bicyclic) bond motifs is 1.